The quantitative estimate of drug-likeness (QED) is 0.472. The summed E-state index contributed by atoms with van der Waals surface area (Å²) in [6.07, 6.45) is 4.74. The van der Waals surface area contributed by atoms with Crippen LogP contribution in [0, 0.1) is 0 Å². The van der Waals surface area contributed by atoms with E-state index in [1.165, 1.54) is 24.0 Å². The molecule has 3 aromatic rings. The lowest BCUT2D eigenvalue weighted by atomic mass is 9.76. The van der Waals surface area contributed by atoms with Crippen LogP contribution >= 0.6 is 0 Å². The molecule has 0 radical (unpaired) electrons. The van der Waals surface area contributed by atoms with Crippen LogP contribution in [-0.2, 0) is 11.3 Å². The van der Waals surface area contributed by atoms with Crippen LogP contribution < -0.4 is 18.9 Å². The monoisotopic (exact) mass is 444 g/mol. The molecule has 0 N–H and O–H groups in total. The van der Waals surface area contributed by atoms with Gasteiger partial charge < -0.3 is 23.7 Å². The lowest BCUT2D eigenvalue weighted by Gasteiger charge is -2.41. The minimum absolute atomic E-state index is 0.175. The Morgan fingerprint density at radius 1 is 0.848 bits per heavy atom. The zero-order valence-electron chi connectivity index (χ0n) is 18.8. The van der Waals surface area contributed by atoms with Crippen LogP contribution in [-0.4, -0.2) is 20.0 Å². The van der Waals surface area contributed by atoms with Crippen molar-refractivity contribution in [3.05, 3.63) is 82.9 Å². The second-order valence-electron chi connectivity index (χ2n) is 8.96. The molecule has 3 aromatic carbocycles. The lowest BCUT2D eigenvalue weighted by Crippen LogP contribution is -2.33. The second-order valence-corrected chi connectivity index (χ2v) is 8.96. The first-order valence-electron chi connectivity index (χ1n) is 11.7. The molecule has 0 aromatic heterocycles. The Hall–Kier alpha value is -3.18. The van der Waals surface area contributed by atoms with E-state index in [9.17, 15) is 0 Å². The van der Waals surface area contributed by atoms with Gasteiger partial charge in [-0.25, -0.2) is 0 Å². The number of benzene rings is 3. The van der Waals surface area contributed by atoms with Gasteiger partial charge in [0.15, 0.2) is 23.0 Å². The van der Waals surface area contributed by atoms with Crippen LogP contribution in [0.4, 0.5) is 0 Å². The van der Waals surface area contributed by atoms with Crippen LogP contribution in [0.1, 0.15) is 60.0 Å². The van der Waals surface area contributed by atoms with E-state index in [1.807, 2.05) is 30.3 Å². The Morgan fingerprint density at radius 3 is 2.45 bits per heavy atom. The highest BCUT2D eigenvalue weighted by Gasteiger charge is 2.39. The van der Waals surface area contributed by atoms with Gasteiger partial charge in [-0.05, 0) is 59.4 Å². The predicted octanol–water partition coefficient (Wildman–Crippen LogP) is 6.15. The molecule has 0 saturated heterocycles. The van der Waals surface area contributed by atoms with E-state index >= 15 is 0 Å². The molecule has 5 heteroatoms. The SMILES string of the molecule is COc1cc([C@H]2O[C@H]3CCCC[C@H]3c3cc4c(cc32)OCO4)ccc1OCc1ccccc1. The van der Waals surface area contributed by atoms with Crippen molar-refractivity contribution in [2.45, 2.75) is 50.4 Å². The van der Waals surface area contributed by atoms with Crippen molar-refractivity contribution < 1.29 is 23.7 Å². The molecule has 0 spiro atoms. The maximum atomic E-state index is 6.74. The number of ether oxygens (including phenoxy) is 5. The molecule has 3 aliphatic rings. The molecule has 33 heavy (non-hydrogen) atoms. The van der Waals surface area contributed by atoms with Gasteiger partial charge in [-0.15, -0.1) is 0 Å². The first kappa shape index (κ1) is 20.4. The Kier molecular flexibility index (Phi) is 5.35. The average Bonchev–Trinajstić information content (AvgIpc) is 3.34. The summed E-state index contributed by atoms with van der Waals surface area (Å²) in [5.41, 5.74) is 4.68. The van der Waals surface area contributed by atoms with Crippen LogP contribution in [0.3, 0.4) is 0 Å². The number of fused-ring (bicyclic) bond motifs is 4. The normalized spacial score (nSPS) is 22.9. The second kappa shape index (κ2) is 8.64. The van der Waals surface area contributed by atoms with Gasteiger partial charge in [0.2, 0.25) is 6.79 Å². The maximum absolute atomic E-state index is 6.74. The summed E-state index contributed by atoms with van der Waals surface area (Å²) in [7, 11) is 1.68. The highest BCUT2D eigenvalue weighted by molar-refractivity contribution is 5.54. The van der Waals surface area contributed by atoms with Gasteiger partial charge in [-0.2, -0.15) is 0 Å². The van der Waals surface area contributed by atoms with Gasteiger partial charge in [0, 0.05) is 5.92 Å². The Balaban J connectivity index is 1.34. The average molecular weight is 445 g/mol. The largest absolute Gasteiger partial charge is 0.493 e. The van der Waals surface area contributed by atoms with Gasteiger partial charge in [-0.3, -0.25) is 0 Å². The van der Waals surface area contributed by atoms with Crippen molar-refractivity contribution in [3.8, 4) is 23.0 Å². The summed E-state index contributed by atoms with van der Waals surface area (Å²) in [6.45, 7) is 0.770. The third-order valence-electron chi connectivity index (χ3n) is 7.00. The first-order chi connectivity index (χ1) is 16.3. The van der Waals surface area contributed by atoms with Crippen molar-refractivity contribution in [3.63, 3.8) is 0 Å². The van der Waals surface area contributed by atoms with E-state index in [0.717, 1.165) is 41.2 Å². The van der Waals surface area contributed by atoms with Crippen LogP contribution in [0.5, 0.6) is 23.0 Å². The molecule has 5 nitrogen and oxygen atoms in total. The molecule has 3 atom stereocenters. The molecular formula is C28H28O5. The van der Waals surface area contributed by atoms with Crippen molar-refractivity contribution in [1.29, 1.82) is 0 Å². The standard InChI is InChI=1S/C28H28O5/c1-29-25-13-19(11-12-24(25)30-16-18-7-3-2-4-8-18)28-22-15-27-26(31-17-32-27)14-21(22)20-9-5-6-10-23(20)33-28/h2-4,7-8,11-15,20,23,28H,5-6,9-10,16-17H2,1H3/t20-,23-,28+/m0/s1. The number of hydrogen-bond acceptors (Lipinski definition) is 5. The van der Waals surface area contributed by atoms with Crippen molar-refractivity contribution in [2.75, 3.05) is 13.9 Å². The highest BCUT2D eigenvalue weighted by Crippen LogP contribution is 2.51. The van der Waals surface area contributed by atoms with Crippen molar-refractivity contribution >= 4 is 0 Å². The smallest absolute Gasteiger partial charge is 0.231 e. The van der Waals surface area contributed by atoms with Gasteiger partial charge in [0.05, 0.1) is 13.2 Å². The Morgan fingerprint density at radius 2 is 1.64 bits per heavy atom. The third kappa shape index (κ3) is 3.80. The van der Waals surface area contributed by atoms with Crippen molar-refractivity contribution in [2.24, 2.45) is 0 Å². The maximum Gasteiger partial charge on any atom is 0.231 e. The van der Waals surface area contributed by atoms with E-state index in [2.05, 4.69) is 30.3 Å². The summed E-state index contributed by atoms with van der Waals surface area (Å²) in [6, 6.07) is 20.6. The third-order valence-corrected chi connectivity index (χ3v) is 7.00. The number of rotatable bonds is 5. The molecule has 0 unspecified atom stereocenters. The summed E-state index contributed by atoms with van der Waals surface area (Å²) in [4.78, 5) is 0. The van der Waals surface area contributed by atoms with Gasteiger partial charge >= 0.3 is 0 Å². The minimum atomic E-state index is -0.175. The van der Waals surface area contributed by atoms with Gasteiger partial charge in [0.1, 0.15) is 12.7 Å². The molecular weight excluding hydrogens is 416 g/mol. The molecule has 1 fully saturated rings. The van der Waals surface area contributed by atoms with E-state index in [4.69, 9.17) is 23.7 Å². The van der Waals surface area contributed by atoms with Crippen molar-refractivity contribution in [1.82, 2.24) is 0 Å². The highest BCUT2D eigenvalue weighted by atomic mass is 16.7. The fourth-order valence-corrected chi connectivity index (χ4v) is 5.35. The van der Waals surface area contributed by atoms with Crippen LogP contribution in [0.15, 0.2) is 60.7 Å². The van der Waals surface area contributed by atoms with Gasteiger partial charge in [0.25, 0.3) is 0 Å². The summed E-state index contributed by atoms with van der Waals surface area (Å²) in [5.74, 6) is 3.49. The number of methoxy groups -OCH3 is 1. The molecule has 0 amide bonds. The minimum Gasteiger partial charge on any atom is -0.493 e. The molecule has 1 saturated carbocycles. The summed E-state index contributed by atoms with van der Waals surface area (Å²) < 4.78 is 29.9. The van der Waals surface area contributed by atoms with Gasteiger partial charge in [-0.1, -0.05) is 49.2 Å². The predicted molar refractivity (Wildman–Crippen MR) is 124 cm³/mol. The molecule has 2 heterocycles. The topological polar surface area (TPSA) is 46.2 Å². The Labute approximate surface area is 194 Å². The zero-order valence-corrected chi connectivity index (χ0v) is 18.8. The summed E-state index contributed by atoms with van der Waals surface area (Å²) >= 11 is 0. The van der Waals surface area contributed by atoms with E-state index in [-0.39, 0.29) is 19.0 Å². The molecule has 1 aliphatic carbocycles. The van der Waals surface area contributed by atoms with Crippen LogP contribution in [0.25, 0.3) is 0 Å². The number of hydrogen-bond donors (Lipinski definition) is 0. The molecule has 170 valence electrons. The fourth-order valence-electron chi connectivity index (χ4n) is 5.35. The van der Waals surface area contributed by atoms with E-state index in [0.29, 0.717) is 18.3 Å². The van der Waals surface area contributed by atoms with Crippen LogP contribution in [0.2, 0.25) is 0 Å². The zero-order chi connectivity index (χ0) is 22.2. The lowest BCUT2D eigenvalue weighted by molar-refractivity contribution is -0.0390. The summed E-state index contributed by atoms with van der Waals surface area (Å²) in [5, 5.41) is 0. The molecule has 2 aliphatic heterocycles. The fraction of sp³-hybridized carbons (Fsp3) is 0.357. The molecule has 6 rings (SSSR count). The van der Waals surface area contributed by atoms with E-state index < -0.39 is 0 Å². The molecule has 0 bridgehead atoms. The Bertz CT molecular complexity index is 1140. The first-order valence-corrected chi connectivity index (χ1v) is 11.7. The van der Waals surface area contributed by atoms with E-state index in [1.54, 1.807) is 7.11 Å².